The zero-order chi connectivity index (χ0) is 11.0. The molecular weight excluding hydrogens is 198 g/mol. The molecule has 0 aliphatic carbocycles. The molecule has 3 nitrogen and oxygen atoms in total. The second kappa shape index (κ2) is 8.12. The van der Waals surface area contributed by atoms with Crippen LogP contribution in [0, 0.1) is 0 Å². The van der Waals surface area contributed by atoms with Gasteiger partial charge in [0.25, 0.3) is 0 Å². The van der Waals surface area contributed by atoms with Crippen molar-refractivity contribution in [1.82, 2.24) is 5.32 Å². The van der Waals surface area contributed by atoms with Crippen LogP contribution < -0.4 is 5.32 Å². The maximum atomic E-state index is 10.9. The molecule has 0 saturated heterocycles. The summed E-state index contributed by atoms with van der Waals surface area (Å²) in [6.07, 6.45) is 3.69. The highest BCUT2D eigenvalue weighted by Crippen LogP contribution is 2.08. The Kier molecular flexibility index (Phi) is 7.99. The third kappa shape index (κ3) is 7.21. The molecule has 0 aliphatic heterocycles. The molecule has 2 unspecified atom stereocenters. The van der Waals surface area contributed by atoms with E-state index in [1.807, 2.05) is 18.7 Å². The number of hydrogen-bond acceptors (Lipinski definition) is 4. The molecule has 0 rings (SSSR count). The van der Waals surface area contributed by atoms with Crippen LogP contribution in [0.15, 0.2) is 0 Å². The number of esters is 1. The van der Waals surface area contributed by atoms with Gasteiger partial charge in [-0.2, -0.15) is 11.8 Å². The first kappa shape index (κ1) is 13.8. The van der Waals surface area contributed by atoms with Gasteiger partial charge in [0.05, 0.1) is 13.5 Å². The van der Waals surface area contributed by atoms with Crippen LogP contribution in [-0.2, 0) is 9.53 Å². The number of carbonyl (C=O) groups is 1. The van der Waals surface area contributed by atoms with Gasteiger partial charge in [-0.3, -0.25) is 4.79 Å². The van der Waals surface area contributed by atoms with Gasteiger partial charge in [0.1, 0.15) is 0 Å². The normalized spacial score (nSPS) is 14.9. The highest BCUT2D eigenvalue weighted by molar-refractivity contribution is 7.99. The third-order valence-electron chi connectivity index (χ3n) is 2.15. The number of rotatable bonds is 7. The standard InChI is InChI=1S/C10H21NO2S/c1-8(7-10(12)13-3)11-6-5-9(2)14-4/h8-9,11H,5-7H2,1-4H3. The predicted molar refractivity (Wildman–Crippen MR) is 61.7 cm³/mol. The van der Waals surface area contributed by atoms with Crippen LogP contribution in [0.4, 0.5) is 0 Å². The van der Waals surface area contributed by atoms with Crippen molar-refractivity contribution in [3.05, 3.63) is 0 Å². The van der Waals surface area contributed by atoms with Gasteiger partial charge in [0, 0.05) is 11.3 Å². The Labute approximate surface area is 91.0 Å². The number of thioether (sulfide) groups is 1. The fraction of sp³-hybridized carbons (Fsp3) is 0.900. The van der Waals surface area contributed by atoms with Crippen molar-refractivity contribution >= 4 is 17.7 Å². The zero-order valence-electron chi connectivity index (χ0n) is 9.50. The molecule has 0 aromatic rings. The van der Waals surface area contributed by atoms with Gasteiger partial charge in [-0.25, -0.2) is 0 Å². The van der Waals surface area contributed by atoms with Gasteiger partial charge >= 0.3 is 5.97 Å². The topological polar surface area (TPSA) is 38.3 Å². The minimum absolute atomic E-state index is 0.150. The van der Waals surface area contributed by atoms with E-state index in [1.54, 1.807) is 0 Å². The van der Waals surface area contributed by atoms with E-state index in [1.165, 1.54) is 7.11 Å². The van der Waals surface area contributed by atoms with Crippen LogP contribution in [0.25, 0.3) is 0 Å². The number of hydrogen-bond donors (Lipinski definition) is 1. The average molecular weight is 219 g/mol. The van der Waals surface area contributed by atoms with Gasteiger partial charge in [0.2, 0.25) is 0 Å². The summed E-state index contributed by atoms with van der Waals surface area (Å²) in [5.74, 6) is -0.150. The molecule has 0 saturated carbocycles. The maximum Gasteiger partial charge on any atom is 0.307 e. The van der Waals surface area contributed by atoms with Crippen LogP contribution in [0.3, 0.4) is 0 Å². The molecule has 1 N–H and O–H groups in total. The largest absolute Gasteiger partial charge is 0.469 e. The average Bonchev–Trinajstić information content (AvgIpc) is 2.17. The number of methoxy groups -OCH3 is 1. The lowest BCUT2D eigenvalue weighted by Crippen LogP contribution is -2.30. The quantitative estimate of drug-likeness (QED) is 0.661. The molecule has 2 atom stereocenters. The van der Waals surface area contributed by atoms with E-state index in [2.05, 4.69) is 23.2 Å². The van der Waals surface area contributed by atoms with E-state index >= 15 is 0 Å². The van der Waals surface area contributed by atoms with Crippen molar-refractivity contribution in [1.29, 1.82) is 0 Å². The smallest absolute Gasteiger partial charge is 0.307 e. The van der Waals surface area contributed by atoms with E-state index in [0.29, 0.717) is 11.7 Å². The fourth-order valence-electron chi connectivity index (χ4n) is 1.06. The third-order valence-corrected chi connectivity index (χ3v) is 3.19. The van der Waals surface area contributed by atoms with Gasteiger partial charge in [-0.05, 0) is 26.1 Å². The Morgan fingerprint density at radius 1 is 1.50 bits per heavy atom. The number of nitrogens with one attached hydrogen (secondary N) is 1. The summed E-state index contributed by atoms with van der Waals surface area (Å²) in [7, 11) is 1.42. The summed E-state index contributed by atoms with van der Waals surface area (Å²) in [5.41, 5.74) is 0. The molecule has 0 heterocycles. The lowest BCUT2D eigenvalue weighted by Gasteiger charge is -2.14. The van der Waals surface area contributed by atoms with E-state index in [-0.39, 0.29) is 12.0 Å². The molecule has 0 bridgehead atoms. The molecule has 4 heteroatoms. The molecule has 0 radical (unpaired) electrons. The van der Waals surface area contributed by atoms with Crippen LogP contribution in [0.2, 0.25) is 0 Å². The Balaban J connectivity index is 3.44. The minimum atomic E-state index is -0.150. The molecule has 14 heavy (non-hydrogen) atoms. The van der Waals surface area contributed by atoms with Crippen molar-refractivity contribution in [2.75, 3.05) is 19.9 Å². The minimum Gasteiger partial charge on any atom is -0.469 e. The summed E-state index contributed by atoms with van der Waals surface area (Å²) < 4.78 is 4.59. The summed E-state index contributed by atoms with van der Waals surface area (Å²) in [6, 6.07) is 0.205. The summed E-state index contributed by atoms with van der Waals surface area (Å²) in [6.45, 7) is 5.16. The number of ether oxygens (including phenoxy) is 1. The summed E-state index contributed by atoms with van der Waals surface area (Å²) in [5, 5.41) is 3.97. The Morgan fingerprint density at radius 3 is 2.64 bits per heavy atom. The molecule has 0 aromatic heterocycles. The van der Waals surface area contributed by atoms with Gasteiger partial charge in [0.15, 0.2) is 0 Å². The fourth-order valence-corrected chi connectivity index (χ4v) is 1.41. The van der Waals surface area contributed by atoms with E-state index in [4.69, 9.17) is 0 Å². The second-order valence-corrected chi connectivity index (χ2v) is 4.75. The Bertz CT molecular complexity index is 164. The SMILES string of the molecule is COC(=O)CC(C)NCCC(C)SC. The molecule has 0 fully saturated rings. The van der Waals surface area contributed by atoms with Crippen molar-refractivity contribution in [3.8, 4) is 0 Å². The van der Waals surface area contributed by atoms with Crippen molar-refractivity contribution in [3.63, 3.8) is 0 Å². The first-order valence-electron chi connectivity index (χ1n) is 4.93. The van der Waals surface area contributed by atoms with Crippen LogP contribution in [0.5, 0.6) is 0 Å². The van der Waals surface area contributed by atoms with Gasteiger partial charge in [-0.1, -0.05) is 6.92 Å². The first-order chi connectivity index (χ1) is 6.60. The van der Waals surface area contributed by atoms with Crippen molar-refractivity contribution < 1.29 is 9.53 Å². The molecule has 84 valence electrons. The van der Waals surface area contributed by atoms with Crippen molar-refractivity contribution in [2.24, 2.45) is 0 Å². The zero-order valence-corrected chi connectivity index (χ0v) is 10.3. The summed E-state index contributed by atoms with van der Waals surface area (Å²) in [4.78, 5) is 10.9. The van der Waals surface area contributed by atoms with Gasteiger partial charge < -0.3 is 10.1 Å². The Morgan fingerprint density at radius 2 is 2.14 bits per heavy atom. The summed E-state index contributed by atoms with van der Waals surface area (Å²) >= 11 is 1.86. The monoisotopic (exact) mass is 219 g/mol. The van der Waals surface area contributed by atoms with E-state index < -0.39 is 0 Å². The van der Waals surface area contributed by atoms with E-state index in [9.17, 15) is 4.79 Å². The second-order valence-electron chi connectivity index (χ2n) is 3.47. The van der Waals surface area contributed by atoms with Crippen LogP contribution in [-0.4, -0.2) is 37.2 Å². The Hall–Kier alpha value is -0.220. The van der Waals surface area contributed by atoms with Crippen molar-refractivity contribution in [2.45, 2.75) is 38.0 Å². The maximum absolute atomic E-state index is 10.9. The van der Waals surface area contributed by atoms with Crippen LogP contribution in [0.1, 0.15) is 26.7 Å². The molecule has 0 aromatic carbocycles. The molecule has 0 aliphatic rings. The molecule has 0 amide bonds. The molecular formula is C10H21NO2S. The van der Waals surface area contributed by atoms with E-state index in [0.717, 1.165) is 13.0 Å². The first-order valence-corrected chi connectivity index (χ1v) is 6.22. The van der Waals surface area contributed by atoms with Crippen LogP contribution >= 0.6 is 11.8 Å². The molecule has 0 spiro atoms. The highest BCUT2D eigenvalue weighted by Gasteiger charge is 2.08. The highest BCUT2D eigenvalue weighted by atomic mass is 32.2. The predicted octanol–water partition coefficient (Wildman–Crippen LogP) is 1.67. The lowest BCUT2D eigenvalue weighted by molar-refractivity contribution is -0.141. The number of carbonyl (C=O) groups excluding carboxylic acids is 1. The lowest BCUT2D eigenvalue weighted by atomic mass is 10.2. The van der Waals surface area contributed by atoms with Gasteiger partial charge in [-0.15, -0.1) is 0 Å².